The highest BCUT2D eigenvalue weighted by Gasteiger charge is 1.98. The molecular weight excluding hydrogens is 204 g/mol. The van der Waals surface area contributed by atoms with Crippen LogP contribution in [-0.4, -0.2) is 16.2 Å². The molecule has 86 valence electrons. The van der Waals surface area contributed by atoms with Gasteiger partial charge in [0.15, 0.2) is 0 Å². The van der Waals surface area contributed by atoms with E-state index in [1.54, 1.807) is 18.2 Å². The van der Waals surface area contributed by atoms with Crippen LogP contribution in [0, 0.1) is 0 Å². The largest absolute Gasteiger partial charge is 0.508 e. The van der Waals surface area contributed by atoms with Gasteiger partial charge in [-0.05, 0) is 43.0 Å². The molecule has 0 fully saturated rings. The summed E-state index contributed by atoms with van der Waals surface area (Å²) in [5.74, 6) is -0.515. The minimum absolute atomic E-state index is 0.198. The fourth-order valence-corrected chi connectivity index (χ4v) is 1.44. The summed E-state index contributed by atoms with van der Waals surface area (Å²) in [6, 6.07) is 7.03. The summed E-state index contributed by atoms with van der Waals surface area (Å²) in [5.41, 5.74) is 2.02. The van der Waals surface area contributed by atoms with Crippen LogP contribution in [0.3, 0.4) is 0 Å². The number of phenolic OH excluding ortho intramolecular Hbond substituents is 1. The molecular formula is C13H16O3. The Morgan fingerprint density at radius 2 is 2.19 bits per heavy atom. The van der Waals surface area contributed by atoms with Crippen molar-refractivity contribution in [2.45, 2.75) is 26.2 Å². The molecule has 2 N–H and O–H groups in total. The average Bonchev–Trinajstić information content (AvgIpc) is 2.24. The van der Waals surface area contributed by atoms with Crippen LogP contribution < -0.4 is 0 Å². The number of unbranched alkanes of at least 4 members (excludes halogenated alkanes) is 1. The Balaban J connectivity index is 2.53. The number of hydrogen-bond donors (Lipinski definition) is 2. The van der Waals surface area contributed by atoms with Crippen LogP contribution in [0.25, 0.3) is 5.57 Å². The molecule has 0 heterocycles. The lowest BCUT2D eigenvalue weighted by Gasteiger charge is -2.02. The molecule has 0 aliphatic carbocycles. The number of allylic oxidation sites excluding steroid dienone is 2. The van der Waals surface area contributed by atoms with Gasteiger partial charge in [0, 0.05) is 6.42 Å². The maximum Gasteiger partial charge on any atom is 0.303 e. The Hall–Kier alpha value is -1.77. The monoisotopic (exact) mass is 220 g/mol. The highest BCUT2D eigenvalue weighted by molar-refractivity contribution is 5.67. The van der Waals surface area contributed by atoms with Gasteiger partial charge >= 0.3 is 5.97 Å². The number of benzene rings is 1. The molecule has 1 aromatic rings. The van der Waals surface area contributed by atoms with Crippen LogP contribution in [0.15, 0.2) is 30.3 Å². The summed E-state index contributed by atoms with van der Waals surface area (Å²) in [6.07, 6.45) is 3.58. The zero-order valence-corrected chi connectivity index (χ0v) is 9.31. The van der Waals surface area contributed by atoms with Gasteiger partial charge in [0.2, 0.25) is 0 Å². The quantitative estimate of drug-likeness (QED) is 0.750. The molecule has 0 atom stereocenters. The standard InChI is InChI=1S/C13H16O3/c1-10(5-2-3-8-13(15)16)11-6-4-7-12(14)9-11/h4-7,9,14H,2-3,8H2,1H3,(H,15,16). The molecule has 1 aromatic carbocycles. The van der Waals surface area contributed by atoms with E-state index in [2.05, 4.69) is 0 Å². The van der Waals surface area contributed by atoms with E-state index in [1.165, 1.54) is 0 Å². The molecule has 0 unspecified atom stereocenters. The van der Waals surface area contributed by atoms with E-state index in [9.17, 15) is 9.90 Å². The number of carboxylic acid groups (broad SMARTS) is 1. The first kappa shape index (κ1) is 12.3. The maximum absolute atomic E-state index is 10.3. The van der Waals surface area contributed by atoms with Crippen LogP contribution in [-0.2, 0) is 4.79 Å². The third-order valence-corrected chi connectivity index (χ3v) is 2.35. The van der Waals surface area contributed by atoms with Crippen molar-refractivity contribution in [1.82, 2.24) is 0 Å². The summed E-state index contributed by atoms with van der Waals surface area (Å²) in [6.45, 7) is 1.95. The van der Waals surface area contributed by atoms with Crippen molar-refractivity contribution in [3.63, 3.8) is 0 Å². The van der Waals surface area contributed by atoms with E-state index in [0.29, 0.717) is 6.42 Å². The first-order valence-electron chi connectivity index (χ1n) is 5.27. The molecule has 0 spiro atoms. The molecule has 0 saturated heterocycles. The smallest absolute Gasteiger partial charge is 0.303 e. The molecule has 0 aliphatic heterocycles. The highest BCUT2D eigenvalue weighted by Crippen LogP contribution is 2.19. The van der Waals surface area contributed by atoms with Crippen LogP contribution in [0.4, 0.5) is 0 Å². The molecule has 0 saturated carbocycles. The number of aliphatic carboxylic acids is 1. The minimum atomic E-state index is -0.761. The molecule has 3 heteroatoms. The predicted molar refractivity (Wildman–Crippen MR) is 63.2 cm³/mol. The SMILES string of the molecule is CC(=CCCCC(=O)O)c1cccc(O)c1. The van der Waals surface area contributed by atoms with Crippen LogP contribution in [0.1, 0.15) is 31.7 Å². The molecule has 0 aromatic heterocycles. The molecule has 0 amide bonds. The Morgan fingerprint density at radius 3 is 2.81 bits per heavy atom. The first-order chi connectivity index (χ1) is 7.59. The summed E-state index contributed by atoms with van der Waals surface area (Å²) < 4.78 is 0. The van der Waals surface area contributed by atoms with Gasteiger partial charge in [-0.3, -0.25) is 4.79 Å². The van der Waals surface area contributed by atoms with E-state index in [4.69, 9.17) is 5.11 Å². The lowest BCUT2D eigenvalue weighted by molar-refractivity contribution is -0.137. The second-order valence-electron chi connectivity index (χ2n) is 3.72. The highest BCUT2D eigenvalue weighted by atomic mass is 16.4. The average molecular weight is 220 g/mol. The Kier molecular flexibility index (Phi) is 4.58. The number of carbonyl (C=O) groups is 1. The summed E-state index contributed by atoms with van der Waals surface area (Å²) in [4.78, 5) is 10.3. The number of hydrogen-bond acceptors (Lipinski definition) is 2. The maximum atomic E-state index is 10.3. The van der Waals surface area contributed by atoms with Crippen LogP contribution in [0.2, 0.25) is 0 Å². The molecule has 0 aliphatic rings. The van der Waals surface area contributed by atoms with Gasteiger partial charge in [-0.25, -0.2) is 0 Å². The zero-order valence-electron chi connectivity index (χ0n) is 9.31. The van der Waals surface area contributed by atoms with Crippen molar-refractivity contribution >= 4 is 11.5 Å². The predicted octanol–water partition coefficient (Wildman–Crippen LogP) is 3.05. The summed E-state index contributed by atoms with van der Waals surface area (Å²) in [7, 11) is 0. The fourth-order valence-electron chi connectivity index (χ4n) is 1.44. The Bertz CT molecular complexity index is 394. The topological polar surface area (TPSA) is 57.5 Å². The van der Waals surface area contributed by atoms with E-state index >= 15 is 0 Å². The lowest BCUT2D eigenvalue weighted by Crippen LogP contribution is -1.92. The van der Waals surface area contributed by atoms with E-state index in [-0.39, 0.29) is 12.2 Å². The minimum Gasteiger partial charge on any atom is -0.508 e. The molecule has 16 heavy (non-hydrogen) atoms. The molecule has 3 nitrogen and oxygen atoms in total. The second kappa shape index (κ2) is 5.95. The van der Waals surface area contributed by atoms with Crippen molar-refractivity contribution in [3.05, 3.63) is 35.9 Å². The van der Waals surface area contributed by atoms with E-state index in [0.717, 1.165) is 17.6 Å². The van der Waals surface area contributed by atoms with Gasteiger partial charge in [0.05, 0.1) is 0 Å². The third kappa shape index (κ3) is 4.17. The van der Waals surface area contributed by atoms with Crippen molar-refractivity contribution in [2.75, 3.05) is 0 Å². The second-order valence-corrected chi connectivity index (χ2v) is 3.72. The van der Waals surface area contributed by atoms with Gasteiger partial charge in [-0.15, -0.1) is 0 Å². The fraction of sp³-hybridized carbons (Fsp3) is 0.308. The number of carboxylic acids is 1. The van der Waals surface area contributed by atoms with E-state index in [1.807, 2.05) is 19.1 Å². The van der Waals surface area contributed by atoms with Crippen LogP contribution >= 0.6 is 0 Å². The van der Waals surface area contributed by atoms with Crippen LogP contribution in [0.5, 0.6) is 5.75 Å². The van der Waals surface area contributed by atoms with Gasteiger partial charge in [0.25, 0.3) is 0 Å². The molecule has 0 radical (unpaired) electrons. The normalized spacial score (nSPS) is 11.4. The van der Waals surface area contributed by atoms with Gasteiger partial charge in [-0.2, -0.15) is 0 Å². The lowest BCUT2D eigenvalue weighted by atomic mass is 10.1. The first-order valence-corrected chi connectivity index (χ1v) is 5.27. The number of phenols is 1. The molecule has 0 bridgehead atoms. The summed E-state index contributed by atoms with van der Waals surface area (Å²) >= 11 is 0. The zero-order chi connectivity index (χ0) is 12.0. The Morgan fingerprint density at radius 1 is 1.44 bits per heavy atom. The number of rotatable bonds is 5. The number of aromatic hydroxyl groups is 1. The Labute approximate surface area is 95.0 Å². The summed E-state index contributed by atoms with van der Waals surface area (Å²) in [5, 5.41) is 17.8. The van der Waals surface area contributed by atoms with Gasteiger partial charge in [0.1, 0.15) is 5.75 Å². The van der Waals surface area contributed by atoms with E-state index < -0.39 is 5.97 Å². The van der Waals surface area contributed by atoms with Crippen molar-refractivity contribution in [3.8, 4) is 5.75 Å². The van der Waals surface area contributed by atoms with Crippen molar-refractivity contribution in [1.29, 1.82) is 0 Å². The van der Waals surface area contributed by atoms with Crippen molar-refractivity contribution in [2.24, 2.45) is 0 Å². The third-order valence-electron chi connectivity index (χ3n) is 2.35. The van der Waals surface area contributed by atoms with Gasteiger partial charge in [-0.1, -0.05) is 18.2 Å². The molecule has 1 rings (SSSR count). The van der Waals surface area contributed by atoms with Gasteiger partial charge < -0.3 is 10.2 Å². The van der Waals surface area contributed by atoms with Crippen molar-refractivity contribution < 1.29 is 15.0 Å².